The minimum absolute atomic E-state index is 0.168. The molecule has 0 N–H and O–H groups in total. The van der Waals surface area contributed by atoms with Gasteiger partial charge in [-0.3, -0.25) is 19.4 Å². The van der Waals surface area contributed by atoms with Crippen molar-refractivity contribution in [2.75, 3.05) is 44.2 Å². The van der Waals surface area contributed by atoms with Gasteiger partial charge in [-0.15, -0.1) is 0 Å². The molecule has 6 heteroatoms. The molecular weight excluding hydrogens is 394 g/mol. The molecule has 2 aliphatic heterocycles. The van der Waals surface area contributed by atoms with Gasteiger partial charge < -0.3 is 4.90 Å². The van der Waals surface area contributed by atoms with E-state index in [1.165, 1.54) is 10.6 Å². The van der Waals surface area contributed by atoms with Crippen molar-refractivity contribution in [2.24, 2.45) is 0 Å². The quantitative estimate of drug-likeness (QED) is 0.722. The number of fused-ring (bicyclic) bond motifs is 1. The van der Waals surface area contributed by atoms with Gasteiger partial charge in [0.25, 0.3) is 11.8 Å². The third kappa shape index (κ3) is 3.27. The summed E-state index contributed by atoms with van der Waals surface area (Å²) in [7, 11) is 0. The Morgan fingerprint density at radius 2 is 1.46 bits per heavy atom. The van der Waals surface area contributed by atoms with Crippen LogP contribution in [0, 0.1) is 0 Å². The van der Waals surface area contributed by atoms with Crippen molar-refractivity contribution in [2.45, 2.75) is 0 Å². The van der Waals surface area contributed by atoms with Crippen LogP contribution in [0.25, 0.3) is 0 Å². The van der Waals surface area contributed by atoms with E-state index in [9.17, 15) is 9.59 Å². The zero-order valence-corrected chi connectivity index (χ0v) is 16.0. The number of carbonyl (C=O) groups excluding carboxylic acids is 2. The Morgan fingerprint density at radius 1 is 0.808 bits per heavy atom. The Balaban J connectivity index is 1.32. The van der Waals surface area contributed by atoms with E-state index in [2.05, 4.69) is 37.9 Å². The maximum atomic E-state index is 12.4. The SMILES string of the molecule is O=C1c2ccccc2C(=O)N1CCN1CCN(c2cccc(Br)c2)CC1. The Labute approximate surface area is 161 Å². The third-order valence-corrected chi connectivity index (χ3v) is 5.56. The number of anilines is 1. The molecule has 1 fully saturated rings. The molecule has 2 aromatic rings. The summed E-state index contributed by atoms with van der Waals surface area (Å²) in [5, 5.41) is 0. The largest absolute Gasteiger partial charge is 0.369 e. The number of carbonyl (C=O) groups is 2. The van der Waals surface area contributed by atoms with Gasteiger partial charge in [0.1, 0.15) is 0 Å². The Morgan fingerprint density at radius 3 is 2.08 bits per heavy atom. The number of hydrogen-bond acceptors (Lipinski definition) is 4. The molecule has 0 saturated carbocycles. The first kappa shape index (κ1) is 17.2. The van der Waals surface area contributed by atoms with Crippen molar-refractivity contribution in [3.05, 3.63) is 64.1 Å². The van der Waals surface area contributed by atoms with E-state index >= 15 is 0 Å². The molecule has 0 aromatic heterocycles. The first-order valence-electron chi connectivity index (χ1n) is 8.81. The summed E-state index contributed by atoms with van der Waals surface area (Å²) in [6, 6.07) is 15.4. The van der Waals surface area contributed by atoms with Crippen LogP contribution in [-0.2, 0) is 0 Å². The lowest BCUT2D eigenvalue weighted by Crippen LogP contribution is -2.49. The molecule has 4 rings (SSSR count). The molecule has 2 aliphatic rings. The average molecular weight is 414 g/mol. The van der Waals surface area contributed by atoms with Crippen molar-refractivity contribution < 1.29 is 9.59 Å². The standard InChI is InChI=1S/C20H20BrN3O2/c21-15-4-3-5-16(14-15)23-11-8-22(9-12-23)10-13-24-19(25)17-6-1-2-7-18(17)20(24)26/h1-7,14H,8-13H2. The minimum atomic E-state index is -0.168. The molecular formula is C20H20BrN3O2. The van der Waals surface area contributed by atoms with E-state index in [1.807, 2.05) is 12.1 Å². The first-order chi connectivity index (χ1) is 12.6. The van der Waals surface area contributed by atoms with E-state index in [0.717, 1.165) is 37.2 Å². The van der Waals surface area contributed by atoms with Crippen LogP contribution in [0.1, 0.15) is 20.7 Å². The number of hydrogen-bond donors (Lipinski definition) is 0. The van der Waals surface area contributed by atoms with Crippen molar-refractivity contribution in [1.29, 1.82) is 0 Å². The number of piperazine rings is 1. The maximum absolute atomic E-state index is 12.4. The summed E-state index contributed by atoms with van der Waals surface area (Å²) in [4.78, 5) is 30.9. The topological polar surface area (TPSA) is 43.9 Å². The molecule has 0 aliphatic carbocycles. The normalized spacial score (nSPS) is 17.7. The molecule has 5 nitrogen and oxygen atoms in total. The Bertz CT molecular complexity index is 811. The molecule has 2 aromatic carbocycles. The Hall–Kier alpha value is -2.18. The van der Waals surface area contributed by atoms with Gasteiger partial charge in [-0.05, 0) is 30.3 Å². The van der Waals surface area contributed by atoms with Crippen LogP contribution in [-0.4, -0.2) is 60.9 Å². The van der Waals surface area contributed by atoms with Gasteiger partial charge in [-0.25, -0.2) is 0 Å². The molecule has 2 heterocycles. The highest BCUT2D eigenvalue weighted by Gasteiger charge is 2.35. The minimum Gasteiger partial charge on any atom is -0.369 e. The van der Waals surface area contributed by atoms with Gasteiger partial charge in [-0.1, -0.05) is 34.1 Å². The van der Waals surface area contributed by atoms with Crippen LogP contribution in [0.3, 0.4) is 0 Å². The number of amides is 2. The van der Waals surface area contributed by atoms with Crippen LogP contribution in [0.15, 0.2) is 53.0 Å². The van der Waals surface area contributed by atoms with E-state index in [-0.39, 0.29) is 11.8 Å². The van der Waals surface area contributed by atoms with Crippen molar-refractivity contribution in [1.82, 2.24) is 9.80 Å². The molecule has 0 atom stereocenters. The monoisotopic (exact) mass is 413 g/mol. The lowest BCUT2D eigenvalue weighted by Gasteiger charge is -2.36. The summed E-state index contributed by atoms with van der Waals surface area (Å²) in [6.45, 7) is 4.91. The lowest BCUT2D eigenvalue weighted by molar-refractivity contribution is 0.0635. The molecule has 26 heavy (non-hydrogen) atoms. The fraction of sp³-hybridized carbons (Fsp3) is 0.300. The van der Waals surface area contributed by atoms with E-state index in [4.69, 9.17) is 0 Å². The number of imide groups is 1. The second-order valence-corrected chi connectivity index (χ2v) is 7.53. The summed E-state index contributed by atoms with van der Waals surface area (Å²) >= 11 is 3.52. The van der Waals surface area contributed by atoms with Crippen LogP contribution >= 0.6 is 15.9 Å². The molecule has 0 radical (unpaired) electrons. The fourth-order valence-electron chi connectivity index (χ4n) is 3.59. The lowest BCUT2D eigenvalue weighted by atomic mass is 10.1. The predicted octanol–water partition coefficient (Wildman–Crippen LogP) is 2.87. The molecule has 2 amide bonds. The summed E-state index contributed by atoms with van der Waals surface area (Å²) in [5.74, 6) is -0.336. The van der Waals surface area contributed by atoms with Crippen molar-refractivity contribution in [3.8, 4) is 0 Å². The van der Waals surface area contributed by atoms with Crippen LogP contribution < -0.4 is 4.90 Å². The van der Waals surface area contributed by atoms with Crippen molar-refractivity contribution in [3.63, 3.8) is 0 Å². The van der Waals surface area contributed by atoms with Gasteiger partial charge >= 0.3 is 0 Å². The highest BCUT2D eigenvalue weighted by molar-refractivity contribution is 9.10. The van der Waals surface area contributed by atoms with E-state index in [1.54, 1.807) is 24.3 Å². The van der Waals surface area contributed by atoms with Gasteiger partial charge in [0, 0.05) is 49.4 Å². The maximum Gasteiger partial charge on any atom is 0.261 e. The number of halogens is 1. The van der Waals surface area contributed by atoms with Gasteiger partial charge in [0.15, 0.2) is 0 Å². The van der Waals surface area contributed by atoms with Gasteiger partial charge in [0.05, 0.1) is 11.1 Å². The number of benzene rings is 2. The third-order valence-electron chi connectivity index (χ3n) is 5.06. The van der Waals surface area contributed by atoms with Gasteiger partial charge in [0.2, 0.25) is 0 Å². The fourth-order valence-corrected chi connectivity index (χ4v) is 3.97. The highest BCUT2D eigenvalue weighted by atomic mass is 79.9. The van der Waals surface area contributed by atoms with Crippen LogP contribution in [0.2, 0.25) is 0 Å². The van der Waals surface area contributed by atoms with Crippen molar-refractivity contribution >= 4 is 33.4 Å². The highest BCUT2D eigenvalue weighted by Crippen LogP contribution is 2.23. The molecule has 0 bridgehead atoms. The van der Waals surface area contributed by atoms with Gasteiger partial charge in [-0.2, -0.15) is 0 Å². The zero-order chi connectivity index (χ0) is 18.1. The Kier molecular flexibility index (Phi) is 4.78. The van der Waals surface area contributed by atoms with Crippen LogP contribution in [0.4, 0.5) is 5.69 Å². The molecule has 0 unspecified atom stereocenters. The summed E-state index contributed by atoms with van der Waals surface area (Å²) < 4.78 is 1.09. The second-order valence-electron chi connectivity index (χ2n) is 6.62. The molecule has 134 valence electrons. The first-order valence-corrected chi connectivity index (χ1v) is 9.61. The molecule has 0 spiro atoms. The average Bonchev–Trinajstić information content (AvgIpc) is 2.91. The molecule has 1 saturated heterocycles. The predicted molar refractivity (Wildman–Crippen MR) is 105 cm³/mol. The van der Waals surface area contributed by atoms with E-state index in [0.29, 0.717) is 17.7 Å². The number of rotatable bonds is 4. The van der Waals surface area contributed by atoms with Crippen LogP contribution in [0.5, 0.6) is 0 Å². The second kappa shape index (κ2) is 7.21. The summed E-state index contributed by atoms with van der Waals surface area (Å²) in [5.41, 5.74) is 2.27. The zero-order valence-electron chi connectivity index (χ0n) is 14.4. The number of nitrogens with zero attached hydrogens (tertiary/aromatic N) is 3. The smallest absolute Gasteiger partial charge is 0.261 e. The summed E-state index contributed by atoms with van der Waals surface area (Å²) in [6.07, 6.45) is 0. The van der Waals surface area contributed by atoms with E-state index < -0.39 is 0 Å².